The molecular weight excluding hydrogens is 745 g/mol. The van der Waals surface area contributed by atoms with E-state index in [4.69, 9.17) is 0 Å². The van der Waals surface area contributed by atoms with Gasteiger partial charge in [0.05, 0.1) is 27.8 Å². The van der Waals surface area contributed by atoms with Gasteiger partial charge < -0.3 is 9.13 Å². The topological polar surface area (TPSA) is 9.86 Å². The van der Waals surface area contributed by atoms with Crippen molar-refractivity contribution in [3.05, 3.63) is 205 Å². The summed E-state index contributed by atoms with van der Waals surface area (Å²) in [6, 6.07) is 72.4. The minimum absolute atomic E-state index is 0.122. The Hall–Kier alpha value is -7.20. The minimum Gasteiger partial charge on any atom is -0.309 e. The largest absolute Gasteiger partial charge is 0.309 e. The van der Waals surface area contributed by atoms with Crippen LogP contribution in [-0.4, -0.2) is 9.13 Å². The van der Waals surface area contributed by atoms with Crippen LogP contribution in [0.1, 0.15) is 25.0 Å². The standard InChI is InChI=1S/C57H38N2S/c1-57(2)48-23-10-6-17-38(48)45-33-47-40-19-8-12-25-51(40)59(54(47)34-49(45)57)53-32-36(27-29-41(53)43-21-14-22-44-42-20-9-13-26-55(42)60-56(43)44)35-28-30-52-46(31-35)39-18-7-11-24-50(39)58(52)37-15-4-3-5-16-37/h3-34H,1-2H3. The molecule has 60 heavy (non-hydrogen) atoms. The van der Waals surface area contributed by atoms with E-state index in [1.165, 1.54) is 120 Å². The molecule has 3 aromatic heterocycles. The zero-order valence-corrected chi connectivity index (χ0v) is 34.1. The maximum absolute atomic E-state index is 2.56. The van der Waals surface area contributed by atoms with Crippen LogP contribution in [0.3, 0.4) is 0 Å². The van der Waals surface area contributed by atoms with Crippen LogP contribution >= 0.6 is 11.3 Å². The lowest BCUT2D eigenvalue weighted by Gasteiger charge is -2.22. The molecule has 0 aliphatic heterocycles. The van der Waals surface area contributed by atoms with Gasteiger partial charge in [0.15, 0.2) is 0 Å². The van der Waals surface area contributed by atoms with E-state index in [0.717, 1.165) is 0 Å². The summed E-state index contributed by atoms with van der Waals surface area (Å²) in [6.45, 7) is 4.77. The summed E-state index contributed by atoms with van der Waals surface area (Å²) in [5.41, 5.74) is 17.4. The first-order chi connectivity index (χ1) is 29.5. The van der Waals surface area contributed by atoms with Gasteiger partial charge in [-0.1, -0.05) is 147 Å². The Labute approximate surface area is 351 Å². The van der Waals surface area contributed by atoms with Crippen molar-refractivity contribution in [1.29, 1.82) is 0 Å². The molecule has 9 aromatic carbocycles. The zero-order chi connectivity index (χ0) is 39.7. The quantitative estimate of drug-likeness (QED) is 0.168. The second-order valence-corrected chi connectivity index (χ2v) is 17.9. The summed E-state index contributed by atoms with van der Waals surface area (Å²) < 4.78 is 7.59. The third kappa shape index (κ3) is 4.64. The van der Waals surface area contributed by atoms with Gasteiger partial charge >= 0.3 is 0 Å². The lowest BCUT2D eigenvalue weighted by atomic mass is 9.82. The van der Waals surface area contributed by atoms with Crippen molar-refractivity contribution >= 4 is 75.1 Å². The maximum atomic E-state index is 2.56. The fourth-order valence-corrected chi connectivity index (χ4v) is 11.7. The van der Waals surface area contributed by atoms with Crippen LogP contribution in [0, 0.1) is 0 Å². The number of hydrogen-bond donors (Lipinski definition) is 0. The third-order valence-corrected chi connectivity index (χ3v) is 14.5. The number of fused-ring (bicyclic) bond motifs is 12. The Balaban J connectivity index is 1.11. The number of thiophene rings is 1. The fourth-order valence-electron chi connectivity index (χ4n) is 10.5. The first-order valence-electron chi connectivity index (χ1n) is 20.8. The Morgan fingerprint density at radius 2 is 0.983 bits per heavy atom. The highest BCUT2D eigenvalue weighted by Crippen LogP contribution is 2.52. The van der Waals surface area contributed by atoms with Gasteiger partial charge in [-0.3, -0.25) is 0 Å². The summed E-state index contributed by atoms with van der Waals surface area (Å²) >= 11 is 1.90. The minimum atomic E-state index is -0.122. The summed E-state index contributed by atoms with van der Waals surface area (Å²) in [4.78, 5) is 0. The molecule has 0 unspecified atom stereocenters. The highest BCUT2D eigenvalue weighted by molar-refractivity contribution is 7.26. The van der Waals surface area contributed by atoms with E-state index in [-0.39, 0.29) is 5.41 Å². The van der Waals surface area contributed by atoms with Gasteiger partial charge in [0.1, 0.15) is 0 Å². The van der Waals surface area contributed by atoms with E-state index in [1.807, 2.05) is 11.3 Å². The smallest absolute Gasteiger partial charge is 0.0547 e. The summed E-state index contributed by atoms with van der Waals surface area (Å²) in [7, 11) is 0. The van der Waals surface area contributed by atoms with Gasteiger partial charge in [-0.05, 0) is 94.0 Å². The third-order valence-electron chi connectivity index (χ3n) is 13.3. The second-order valence-electron chi connectivity index (χ2n) is 16.9. The van der Waals surface area contributed by atoms with E-state index in [2.05, 4.69) is 217 Å². The molecule has 12 aromatic rings. The number of para-hydroxylation sites is 3. The average Bonchev–Trinajstić information content (AvgIpc) is 4.01. The molecule has 0 bridgehead atoms. The lowest BCUT2D eigenvalue weighted by molar-refractivity contribution is 0.661. The monoisotopic (exact) mass is 782 g/mol. The predicted octanol–water partition coefficient (Wildman–Crippen LogP) is 15.9. The molecule has 3 heterocycles. The summed E-state index contributed by atoms with van der Waals surface area (Å²) in [5.74, 6) is 0. The number of nitrogens with zero attached hydrogens (tertiary/aromatic N) is 2. The molecule has 13 rings (SSSR count). The molecule has 0 N–H and O–H groups in total. The van der Waals surface area contributed by atoms with Crippen molar-refractivity contribution in [3.8, 4) is 44.8 Å². The molecule has 0 saturated carbocycles. The van der Waals surface area contributed by atoms with Crippen LogP contribution in [0.5, 0.6) is 0 Å². The predicted molar refractivity (Wildman–Crippen MR) is 256 cm³/mol. The number of aromatic nitrogens is 2. The van der Waals surface area contributed by atoms with Crippen LogP contribution in [0.25, 0.3) is 109 Å². The van der Waals surface area contributed by atoms with Gasteiger partial charge in [0.2, 0.25) is 0 Å². The van der Waals surface area contributed by atoms with Crippen LogP contribution in [-0.2, 0) is 5.41 Å². The zero-order valence-electron chi connectivity index (χ0n) is 33.3. The number of benzene rings is 9. The van der Waals surface area contributed by atoms with Crippen molar-refractivity contribution in [2.45, 2.75) is 19.3 Å². The van der Waals surface area contributed by atoms with E-state index >= 15 is 0 Å². The van der Waals surface area contributed by atoms with Crippen LogP contribution in [0.4, 0.5) is 0 Å². The van der Waals surface area contributed by atoms with Crippen molar-refractivity contribution in [2.24, 2.45) is 0 Å². The Kier molecular flexibility index (Phi) is 6.98. The highest BCUT2D eigenvalue weighted by Gasteiger charge is 2.36. The van der Waals surface area contributed by atoms with Crippen molar-refractivity contribution in [2.75, 3.05) is 0 Å². The maximum Gasteiger partial charge on any atom is 0.0547 e. The molecule has 0 radical (unpaired) electrons. The van der Waals surface area contributed by atoms with Crippen molar-refractivity contribution in [3.63, 3.8) is 0 Å². The van der Waals surface area contributed by atoms with Crippen molar-refractivity contribution < 1.29 is 0 Å². The number of hydrogen-bond acceptors (Lipinski definition) is 1. The highest BCUT2D eigenvalue weighted by atomic mass is 32.1. The molecule has 1 aliphatic carbocycles. The molecule has 0 amide bonds. The van der Waals surface area contributed by atoms with Crippen molar-refractivity contribution in [1.82, 2.24) is 9.13 Å². The van der Waals surface area contributed by atoms with E-state index in [1.54, 1.807) is 0 Å². The van der Waals surface area contributed by atoms with Crippen LogP contribution in [0.2, 0.25) is 0 Å². The van der Waals surface area contributed by atoms with Gasteiger partial charge in [-0.2, -0.15) is 0 Å². The molecule has 3 heteroatoms. The van der Waals surface area contributed by atoms with E-state index in [9.17, 15) is 0 Å². The summed E-state index contributed by atoms with van der Waals surface area (Å²) in [6.07, 6.45) is 0. The Bertz CT molecular complexity index is 3740. The molecule has 0 saturated heterocycles. The summed E-state index contributed by atoms with van der Waals surface area (Å²) in [5, 5.41) is 7.68. The SMILES string of the molecule is CC1(C)c2ccccc2-c2cc3c4ccccc4n(-c4cc(-c5ccc6c(c5)c5ccccc5n6-c5ccccc5)ccc4-c4cccc5c4sc4ccccc45)c3cc21. The van der Waals surface area contributed by atoms with Gasteiger partial charge in [-0.15, -0.1) is 11.3 Å². The average molecular weight is 783 g/mol. The van der Waals surface area contributed by atoms with Crippen LogP contribution in [0.15, 0.2) is 194 Å². The molecule has 282 valence electrons. The first kappa shape index (κ1) is 33.7. The molecule has 0 fully saturated rings. The second kappa shape index (κ2) is 12.4. The Morgan fingerprint density at radius 3 is 1.82 bits per heavy atom. The van der Waals surface area contributed by atoms with E-state index < -0.39 is 0 Å². The number of rotatable bonds is 4. The van der Waals surface area contributed by atoms with Gasteiger partial charge in [0, 0.05) is 63.9 Å². The fraction of sp³-hybridized carbons (Fsp3) is 0.0526. The van der Waals surface area contributed by atoms with E-state index in [0.29, 0.717) is 0 Å². The molecule has 1 aliphatic rings. The first-order valence-corrected chi connectivity index (χ1v) is 21.7. The molecule has 2 nitrogen and oxygen atoms in total. The molecule has 0 spiro atoms. The lowest BCUT2D eigenvalue weighted by Crippen LogP contribution is -2.15. The van der Waals surface area contributed by atoms with Crippen LogP contribution < -0.4 is 0 Å². The Morgan fingerprint density at radius 1 is 0.367 bits per heavy atom. The molecular formula is C57H38N2S. The normalized spacial score (nSPS) is 13.3. The van der Waals surface area contributed by atoms with Gasteiger partial charge in [-0.25, -0.2) is 0 Å². The van der Waals surface area contributed by atoms with Gasteiger partial charge in [0.25, 0.3) is 0 Å². The molecule has 0 atom stereocenters.